The first-order valence-corrected chi connectivity index (χ1v) is 6.07. The van der Waals surface area contributed by atoms with Crippen LogP contribution in [-0.4, -0.2) is 17.6 Å². The Morgan fingerprint density at radius 2 is 1.93 bits per heavy atom. The summed E-state index contributed by atoms with van der Waals surface area (Å²) in [5, 5.41) is 6.13. The number of amides is 1. The topological polar surface area (TPSA) is 41.1 Å². The van der Waals surface area contributed by atoms with Gasteiger partial charge in [0.15, 0.2) is 5.11 Å². The van der Waals surface area contributed by atoms with Gasteiger partial charge in [0, 0.05) is 12.5 Å². The third-order valence-electron chi connectivity index (χ3n) is 2.08. The molecule has 0 spiro atoms. The molecule has 0 atom stereocenters. The lowest BCUT2D eigenvalue weighted by molar-refractivity contribution is -0.122. The normalized spacial score (nSPS) is 10.1. The Bertz CT molecular complexity index is 205. The first-order valence-electron chi connectivity index (χ1n) is 5.66. The molecule has 0 heterocycles. The fraction of sp³-hybridized carbons (Fsp3) is 0.818. The summed E-state index contributed by atoms with van der Waals surface area (Å²) in [6.45, 7) is 6.72. The summed E-state index contributed by atoms with van der Waals surface area (Å²) in [6, 6.07) is 0. The van der Waals surface area contributed by atoms with Gasteiger partial charge in [0.25, 0.3) is 0 Å². The Morgan fingerprint density at radius 1 is 1.27 bits per heavy atom. The number of unbranched alkanes of at least 4 members (excludes halogenated alkanes) is 3. The van der Waals surface area contributed by atoms with E-state index in [9.17, 15) is 4.79 Å². The summed E-state index contributed by atoms with van der Waals surface area (Å²) >= 11 is 4.98. The van der Waals surface area contributed by atoms with Crippen LogP contribution in [0.3, 0.4) is 0 Å². The molecule has 0 rings (SSSR count). The summed E-state index contributed by atoms with van der Waals surface area (Å²) in [6.07, 6.45) is 4.80. The molecule has 0 unspecified atom stereocenters. The van der Waals surface area contributed by atoms with E-state index >= 15 is 0 Å². The highest BCUT2D eigenvalue weighted by atomic mass is 32.1. The minimum atomic E-state index is -0.0268. The maximum atomic E-state index is 11.2. The molecule has 0 aromatic heterocycles. The van der Waals surface area contributed by atoms with Gasteiger partial charge in [0.1, 0.15) is 0 Å². The van der Waals surface area contributed by atoms with Crippen LogP contribution < -0.4 is 10.6 Å². The molecule has 4 heteroatoms. The average molecular weight is 230 g/mol. The summed E-state index contributed by atoms with van der Waals surface area (Å²) in [5.74, 6) is -0.0501. The van der Waals surface area contributed by atoms with Gasteiger partial charge in [-0.2, -0.15) is 0 Å². The lowest BCUT2D eigenvalue weighted by Crippen LogP contribution is -2.41. The molecule has 0 saturated carbocycles. The van der Waals surface area contributed by atoms with Crippen molar-refractivity contribution in [3.8, 4) is 0 Å². The molecule has 2 N–H and O–H groups in total. The molecule has 0 aliphatic heterocycles. The molecule has 0 aromatic rings. The van der Waals surface area contributed by atoms with Gasteiger partial charge in [-0.25, -0.2) is 0 Å². The van der Waals surface area contributed by atoms with E-state index in [2.05, 4.69) is 17.6 Å². The van der Waals surface area contributed by atoms with E-state index in [0.29, 0.717) is 5.11 Å². The molecule has 0 fully saturated rings. The van der Waals surface area contributed by atoms with Crippen LogP contribution in [0, 0.1) is 5.92 Å². The minimum Gasteiger partial charge on any atom is -0.362 e. The van der Waals surface area contributed by atoms with E-state index in [1.54, 1.807) is 0 Å². The first kappa shape index (κ1) is 14.4. The second kappa shape index (κ2) is 8.65. The minimum absolute atomic E-state index is 0.0233. The number of hydrogen-bond donors (Lipinski definition) is 2. The lowest BCUT2D eigenvalue weighted by atomic mass is 10.2. The van der Waals surface area contributed by atoms with Crippen LogP contribution in [0.2, 0.25) is 0 Å². The molecule has 15 heavy (non-hydrogen) atoms. The van der Waals surface area contributed by atoms with E-state index in [1.807, 2.05) is 13.8 Å². The number of rotatable bonds is 6. The molecule has 1 amide bonds. The van der Waals surface area contributed by atoms with Crippen molar-refractivity contribution in [2.24, 2.45) is 5.92 Å². The van der Waals surface area contributed by atoms with Crippen molar-refractivity contribution < 1.29 is 4.79 Å². The zero-order valence-electron chi connectivity index (χ0n) is 9.93. The predicted octanol–water partition coefficient (Wildman–Crippen LogP) is 2.21. The number of carbonyl (C=O) groups excluding carboxylic acids is 1. The van der Waals surface area contributed by atoms with Crippen LogP contribution in [0.25, 0.3) is 0 Å². The Kier molecular flexibility index (Phi) is 8.28. The highest BCUT2D eigenvalue weighted by molar-refractivity contribution is 7.80. The Labute approximate surface area is 98.0 Å². The van der Waals surface area contributed by atoms with Crippen molar-refractivity contribution in [1.29, 1.82) is 0 Å². The van der Waals surface area contributed by atoms with Gasteiger partial charge in [0.2, 0.25) is 5.91 Å². The number of thiocarbonyl (C=S) groups is 1. The molecule has 88 valence electrons. The molecule has 0 aromatic carbocycles. The Balaban J connectivity index is 3.45. The van der Waals surface area contributed by atoms with E-state index in [4.69, 9.17) is 12.2 Å². The maximum absolute atomic E-state index is 11.2. The largest absolute Gasteiger partial charge is 0.362 e. The molecular weight excluding hydrogens is 208 g/mol. The standard InChI is InChI=1S/C11H22N2OS/c1-4-5-6-7-8-12-11(15)13-10(14)9(2)3/h9H,4-8H2,1-3H3,(H2,12,13,14,15). The summed E-state index contributed by atoms with van der Waals surface area (Å²) < 4.78 is 0. The van der Waals surface area contributed by atoms with Gasteiger partial charge < -0.3 is 10.6 Å². The summed E-state index contributed by atoms with van der Waals surface area (Å²) in [5.41, 5.74) is 0. The predicted molar refractivity (Wildman–Crippen MR) is 67.7 cm³/mol. The number of nitrogens with one attached hydrogen (secondary N) is 2. The smallest absolute Gasteiger partial charge is 0.228 e. The zero-order valence-corrected chi connectivity index (χ0v) is 10.7. The van der Waals surface area contributed by atoms with Crippen LogP contribution >= 0.6 is 12.2 Å². The van der Waals surface area contributed by atoms with Crippen LogP contribution in [0.1, 0.15) is 46.5 Å². The maximum Gasteiger partial charge on any atom is 0.228 e. The molecule has 0 bridgehead atoms. The van der Waals surface area contributed by atoms with Gasteiger partial charge in [-0.05, 0) is 18.6 Å². The van der Waals surface area contributed by atoms with Crippen molar-refractivity contribution in [3.05, 3.63) is 0 Å². The monoisotopic (exact) mass is 230 g/mol. The lowest BCUT2D eigenvalue weighted by Gasteiger charge is -2.10. The fourth-order valence-corrected chi connectivity index (χ4v) is 1.26. The third kappa shape index (κ3) is 8.36. The average Bonchev–Trinajstić information content (AvgIpc) is 2.17. The fourth-order valence-electron chi connectivity index (χ4n) is 1.05. The highest BCUT2D eigenvalue weighted by Crippen LogP contribution is 1.97. The van der Waals surface area contributed by atoms with Crippen LogP contribution in [0.5, 0.6) is 0 Å². The van der Waals surface area contributed by atoms with Crippen molar-refractivity contribution in [2.45, 2.75) is 46.5 Å². The van der Waals surface area contributed by atoms with Crippen molar-refractivity contribution >= 4 is 23.2 Å². The van der Waals surface area contributed by atoms with Gasteiger partial charge in [-0.15, -0.1) is 0 Å². The van der Waals surface area contributed by atoms with Crippen LogP contribution in [-0.2, 0) is 4.79 Å². The third-order valence-corrected chi connectivity index (χ3v) is 2.32. The van der Waals surface area contributed by atoms with Crippen molar-refractivity contribution in [3.63, 3.8) is 0 Å². The van der Waals surface area contributed by atoms with Gasteiger partial charge in [-0.3, -0.25) is 4.79 Å². The number of carbonyl (C=O) groups is 1. The molecule has 0 radical (unpaired) electrons. The molecule has 0 aliphatic rings. The SMILES string of the molecule is CCCCCCNC(=S)NC(=O)C(C)C. The van der Waals surface area contributed by atoms with E-state index in [1.165, 1.54) is 19.3 Å². The van der Waals surface area contributed by atoms with E-state index < -0.39 is 0 Å². The Hall–Kier alpha value is -0.640. The van der Waals surface area contributed by atoms with Crippen LogP contribution in [0.4, 0.5) is 0 Å². The van der Waals surface area contributed by atoms with Gasteiger partial charge >= 0.3 is 0 Å². The first-order chi connectivity index (χ1) is 7.07. The summed E-state index contributed by atoms with van der Waals surface area (Å²) in [7, 11) is 0. The van der Waals surface area contributed by atoms with E-state index in [-0.39, 0.29) is 11.8 Å². The molecule has 0 aliphatic carbocycles. The highest BCUT2D eigenvalue weighted by Gasteiger charge is 2.07. The van der Waals surface area contributed by atoms with Crippen LogP contribution in [0.15, 0.2) is 0 Å². The molecule has 3 nitrogen and oxygen atoms in total. The van der Waals surface area contributed by atoms with Gasteiger partial charge in [0.05, 0.1) is 0 Å². The second-order valence-electron chi connectivity index (χ2n) is 3.96. The summed E-state index contributed by atoms with van der Waals surface area (Å²) in [4.78, 5) is 11.2. The quantitative estimate of drug-likeness (QED) is 0.543. The van der Waals surface area contributed by atoms with Crippen molar-refractivity contribution in [1.82, 2.24) is 10.6 Å². The number of hydrogen-bond acceptors (Lipinski definition) is 2. The van der Waals surface area contributed by atoms with E-state index in [0.717, 1.165) is 13.0 Å². The second-order valence-corrected chi connectivity index (χ2v) is 4.37. The van der Waals surface area contributed by atoms with Gasteiger partial charge in [-0.1, -0.05) is 40.0 Å². The molecular formula is C11H22N2OS. The molecule has 0 saturated heterocycles. The Morgan fingerprint density at radius 3 is 2.47 bits per heavy atom. The zero-order chi connectivity index (χ0) is 11.7. The van der Waals surface area contributed by atoms with Crippen molar-refractivity contribution in [2.75, 3.05) is 6.54 Å².